The smallest absolute Gasteiger partial charge is 0.261 e. The zero-order chi connectivity index (χ0) is 9.47. The lowest BCUT2D eigenvalue weighted by Crippen LogP contribution is -2.11. The van der Waals surface area contributed by atoms with Crippen LogP contribution in [0.3, 0.4) is 0 Å². The summed E-state index contributed by atoms with van der Waals surface area (Å²) in [6.45, 7) is 0. The molecule has 2 aromatic rings. The number of fused-ring (bicyclic) bond motifs is 1. The molecule has 0 bridgehead atoms. The van der Waals surface area contributed by atoms with Crippen molar-refractivity contribution in [2.45, 2.75) is 6.18 Å². The van der Waals surface area contributed by atoms with Crippen LogP contribution < -0.4 is 0 Å². The fourth-order valence-electron chi connectivity index (χ4n) is 0.973. The summed E-state index contributed by atoms with van der Waals surface area (Å²) in [5.41, 5.74) is -0.831. The monoisotopic (exact) mass is 188 g/mol. The Balaban J connectivity index is 2.75. The Morgan fingerprint density at radius 3 is 2.77 bits per heavy atom. The molecule has 0 N–H and O–H groups in total. The van der Waals surface area contributed by atoms with E-state index in [1.54, 1.807) is 0 Å². The minimum absolute atomic E-state index is 0.0603. The third kappa shape index (κ3) is 1.21. The fourth-order valence-corrected chi connectivity index (χ4v) is 0.973. The van der Waals surface area contributed by atoms with Gasteiger partial charge >= 0.3 is 6.18 Å². The summed E-state index contributed by atoms with van der Waals surface area (Å²) in [5.74, 6) is -0.0603. The molecule has 0 spiro atoms. The van der Waals surface area contributed by atoms with Crippen LogP contribution in [-0.2, 0) is 6.18 Å². The zero-order valence-corrected chi connectivity index (χ0v) is 6.15. The molecular formula is C6H3F3N4. The van der Waals surface area contributed by atoms with E-state index in [1.807, 2.05) is 0 Å². The molecule has 2 heterocycles. The molecule has 0 saturated carbocycles. The molecule has 0 radical (unpaired) electrons. The van der Waals surface area contributed by atoms with Crippen molar-refractivity contribution >= 4 is 5.78 Å². The van der Waals surface area contributed by atoms with Gasteiger partial charge in [0.1, 0.15) is 12.0 Å². The predicted molar refractivity (Wildman–Crippen MR) is 35.8 cm³/mol. The summed E-state index contributed by atoms with van der Waals surface area (Å²) < 4.78 is 37.7. The van der Waals surface area contributed by atoms with Crippen LogP contribution in [0.1, 0.15) is 5.69 Å². The van der Waals surface area contributed by atoms with E-state index >= 15 is 0 Å². The van der Waals surface area contributed by atoms with Gasteiger partial charge in [0.15, 0.2) is 0 Å². The summed E-state index contributed by atoms with van der Waals surface area (Å²) in [7, 11) is 0. The third-order valence-electron chi connectivity index (χ3n) is 1.50. The van der Waals surface area contributed by atoms with Crippen molar-refractivity contribution in [3.63, 3.8) is 0 Å². The molecule has 0 aromatic carbocycles. The molecule has 4 nitrogen and oxygen atoms in total. The minimum Gasteiger partial charge on any atom is -0.261 e. The van der Waals surface area contributed by atoms with Crippen LogP contribution >= 0.6 is 0 Å². The van der Waals surface area contributed by atoms with E-state index in [0.717, 1.165) is 23.0 Å². The van der Waals surface area contributed by atoms with Crippen molar-refractivity contribution in [2.24, 2.45) is 0 Å². The predicted octanol–water partition coefficient (Wildman–Crippen LogP) is 1.14. The molecule has 13 heavy (non-hydrogen) atoms. The second-order valence-corrected chi connectivity index (χ2v) is 2.33. The second-order valence-electron chi connectivity index (χ2n) is 2.33. The highest BCUT2D eigenvalue weighted by molar-refractivity contribution is 5.28. The molecule has 0 aliphatic heterocycles. The van der Waals surface area contributed by atoms with Gasteiger partial charge in [0, 0.05) is 6.20 Å². The van der Waals surface area contributed by atoms with Gasteiger partial charge in [-0.15, -0.1) is 10.2 Å². The molecule has 0 amide bonds. The highest BCUT2D eigenvalue weighted by atomic mass is 19.4. The van der Waals surface area contributed by atoms with E-state index in [9.17, 15) is 13.2 Å². The molecule has 2 aromatic heterocycles. The molecule has 0 fully saturated rings. The van der Waals surface area contributed by atoms with Crippen LogP contribution in [0.4, 0.5) is 13.2 Å². The maximum Gasteiger partial charge on any atom is 0.431 e. The van der Waals surface area contributed by atoms with E-state index in [2.05, 4.69) is 15.2 Å². The van der Waals surface area contributed by atoms with Crippen LogP contribution in [0.2, 0.25) is 0 Å². The molecule has 0 aliphatic rings. The quantitative estimate of drug-likeness (QED) is 0.622. The summed E-state index contributed by atoms with van der Waals surface area (Å²) in [6, 6.07) is 0.871. The van der Waals surface area contributed by atoms with E-state index in [1.165, 1.54) is 0 Å². The molecule has 0 saturated heterocycles. The lowest BCUT2D eigenvalue weighted by atomic mass is 10.4. The van der Waals surface area contributed by atoms with E-state index in [-0.39, 0.29) is 5.78 Å². The number of aromatic nitrogens is 4. The fraction of sp³-hybridized carbons (Fsp3) is 0.167. The van der Waals surface area contributed by atoms with Crippen molar-refractivity contribution in [3.8, 4) is 0 Å². The molecule has 0 unspecified atom stereocenters. The van der Waals surface area contributed by atoms with Crippen molar-refractivity contribution in [3.05, 3.63) is 24.3 Å². The van der Waals surface area contributed by atoms with Gasteiger partial charge in [-0.2, -0.15) is 13.2 Å². The Morgan fingerprint density at radius 2 is 2.08 bits per heavy atom. The summed E-state index contributed by atoms with van der Waals surface area (Å²) in [5, 5.41) is 6.72. The molecule has 7 heteroatoms. The minimum atomic E-state index is -4.41. The zero-order valence-electron chi connectivity index (χ0n) is 6.15. The Hall–Kier alpha value is -1.66. The normalized spacial score (nSPS) is 12.2. The molecule has 68 valence electrons. The first kappa shape index (κ1) is 7.96. The summed E-state index contributed by atoms with van der Waals surface area (Å²) >= 11 is 0. The van der Waals surface area contributed by atoms with Crippen molar-refractivity contribution < 1.29 is 13.2 Å². The Labute approximate surface area is 70.0 Å². The van der Waals surface area contributed by atoms with Gasteiger partial charge in [0.05, 0.1) is 0 Å². The Kier molecular flexibility index (Phi) is 1.48. The third-order valence-corrected chi connectivity index (χ3v) is 1.50. The van der Waals surface area contributed by atoms with Crippen molar-refractivity contribution in [2.75, 3.05) is 0 Å². The highest BCUT2D eigenvalue weighted by Crippen LogP contribution is 2.28. The van der Waals surface area contributed by atoms with Gasteiger partial charge in [0.2, 0.25) is 0 Å². The molecule has 2 rings (SSSR count). The summed E-state index contributed by atoms with van der Waals surface area (Å²) in [6.07, 6.45) is -2.39. The molecule has 0 aliphatic carbocycles. The van der Waals surface area contributed by atoms with E-state index < -0.39 is 11.9 Å². The first-order valence-electron chi connectivity index (χ1n) is 3.31. The van der Waals surface area contributed by atoms with Gasteiger partial charge in [-0.1, -0.05) is 0 Å². The van der Waals surface area contributed by atoms with Gasteiger partial charge in [-0.05, 0) is 6.07 Å². The van der Waals surface area contributed by atoms with Crippen LogP contribution in [0, 0.1) is 0 Å². The number of hydrogen-bond donors (Lipinski definition) is 0. The van der Waals surface area contributed by atoms with Gasteiger partial charge < -0.3 is 0 Å². The highest BCUT2D eigenvalue weighted by Gasteiger charge is 2.33. The first-order chi connectivity index (χ1) is 6.09. The van der Waals surface area contributed by atoms with Crippen LogP contribution in [0.5, 0.6) is 0 Å². The van der Waals surface area contributed by atoms with Crippen LogP contribution in [0.25, 0.3) is 5.78 Å². The van der Waals surface area contributed by atoms with Crippen molar-refractivity contribution in [1.29, 1.82) is 0 Å². The maximum absolute atomic E-state index is 12.3. The van der Waals surface area contributed by atoms with Gasteiger partial charge in [-0.25, -0.2) is 4.98 Å². The first-order valence-corrected chi connectivity index (χ1v) is 3.31. The standard InChI is InChI=1S/C6H3F3N4/c7-6(8,9)4-1-2-10-5-12-11-3-13(4)5/h1-3H. The van der Waals surface area contributed by atoms with Crippen LogP contribution in [-0.4, -0.2) is 19.6 Å². The largest absolute Gasteiger partial charge is 0.431 e. The average Bonchev–Trinajstić information content (AvgIpc) is 2.48. The second kappa shape index (κ2) is 2.41. The number of alkyl halides is 3. The SMILES string of the molecule is FC(F)(F)c1ccnc2nncn12. The Bertz CT molecular complexity index is 433. The Morgan fingerprint density at radius 1 is 1.31 bits per heavy atom. The lowest BCUT2D eigenvalue weighted by molar-refractivity contribution is -0.142. The van der Waals surface area contributed by atoms with Crippen LogP contribution in [0.15, 0.2) is 18.6 Å². The van der Waals surface area contributed by atoms with E-state index in [0.29, 0.717) is 0 Å². The maximum atomic E-state index is 12.3. The number of rotatable bonds is 0. The lowest BCUT2D eigenvalue weighted by Gasteiger charge is -2.06. The average molecular weight is 188 g/mol. The van der Waals surface area contributed by atoms with E-state index in [4.69, 9.17) is 0 Å². The van der Waals surface area contributed by atoms with Gasteiger partial charge in [-0.3, -0.25) is 4.40 Å². The molecule has 0 atom stereocenters. The van der Waals surface area contributed by atoms with Gasteiger partial charge in [0.25, 0.3) is 5.78 Å². The number of hydrogen-bond acceptors (Lipinski definition) is 3. The topological polar surface area (TPSA) is 43.1 Å². The molecular weight excluding hydrogens is 185 g/mol. The number of nitrogens with zero attached hydrogens (tertiary/aromatic N) is 4. The number of halogens is 3. The summed E-state index contributed by atoms with van der Waals surface area (Å²) in [4.78, 5) is 3.60. The van der Waals surface area contributed by atoms with Crippen molar-refractivity contribution in [1.82, 2.24) is 19.6 Å².